The highest BCUT2D eigenvalue weighted by Gasteiger charge is 2.15. The van der Waals surface area contributed by atoms with Crippen LogP contribution in [-0.4, -0.2) is 26.4 Å². The van der Waals surface area contributed by atoms with E-state index < -0.39 is 0 Å². The van der Waals surface area contributed by atoms with Gasteiger partial charge < -0.3 is 9.88 Å². The van der Waals surface area contributed by atoms with E-state index in [1.54, 1.807) is 11.3 Å². The highest BCUT2D eigenvalue weighted by atomic mass is 79.9. The van der Waals surface area contributed by atoms with Crippen LogP contribution in [0.3, 0.4) is 0 Å². The third-order valence-electron chi connectivity index (χ3n) is 3.66. The largest absolute Gasteiger partial charge is 0.349 e. The number of carbonyl (C=O) groups is 1. The summed E-state index contributed by atoms with van der Waals surface area (Å²) in [5.41, 5.74) is 1.07. The number of amides is 1. The summed E-state index contributed by atoms with van der Waals surface area (Å²) < 4.78 is 2.94. The molecule has 3 rings (SSSR count). The van der Waals surface area contributed by atoms with Crippen LogP contribution in [0.5, 0.6) is 0 Å². The molecule has 2 heterocycles. The molecule has 0 bridgehead atoms. The first-order chi connectivity index (χ1) is 12.0. The lowest BCUT2D eigenvalue weighted by atomic mass is 10.1. The minimum absolute atomic E-state index is 0.0268. The van der Waals surface area contributed by atoms with E-state index in [0.29, 0.717) is 5.75 Å². The van der Waals surface area contributed by atoms with Crippen LogP contribution in [0.15, 0.2) is 51.4 Å². The zero-order chi connectivity index (χ0) is 17.8. The average Bonchev–Trinajstić information content (AvgIpc) is 3.23. The second-order valence-electron chi connectivity index (χ2n) is 5.47. The van der Waals surface area contributed by atoms with E-state index in [1.807, 2.05) is 60.3 Å². The summed E-state index contributed by atoms with van der Waals surface area (Å²) in [6.45, 7) is 1.98. The van der Waals surface area contributed by atoms with Crippen LogP contribution >= 0.6 is 39.0 Å². The molecule has 1 amide bonds. The lowest BCUT2D eigenvalue weighted by Crippen LogP contribution is -2.28. The van der Waals surface area contributed by atoms with Crippen LogP contribution in [0.25, 0.3) is 10.7 Å². The third kappa shape index (κ3) is 4.50. The first kappa shape index (κ1) is 18.2. The van der Waals surface area contributed by atoms with E-state index in [1.165, 1.54) is 11.8 Å². The van der Waals surface area contributed by atoms with Crippen molar-refractivity contribution in [3.8, 4) is 10.7 Å². The van der Waals surface area contributed by atoms with Gasteiger partial charge >= 0.3 is 0 Å². The summed E-state index contributed by atoms with van der Waals surface area (Å²) in [7, 11) is 1.92. The van der Waals surface area contributed by atoms with Crippen molar-refractivity contribution in [1.82, 2.24) is 20.1 Å². The monoisotopic (exact) mass is 436 g/mol. The Bertz CT molecular complexity index is 846. The van der Waals surface area contributed by atoms with Crippen molar-refractivity contribution in [2.75, 3.05) is 5.75 Å². The first-order valence-corrected chi connectivity index (χ1v) is 10.3. The van der Waals surface area contributed by atoms with E-state index in [9.17, 15) is 4.79 Å². The van der Waals surface area contributed by atoms with Gasteiger partial charge in [-0.25, -0.2) is 0 Å². The highest BCUT2D eigenvalue weighted by molar-refractivity contribution is 9.10. The number of hydrogen-bond donors (Lipinski definition) is 1. The topological polar surface area (TPSA) is 59.8 Å². The van der Waals surface area contributed by atoms with Gasteiger partial charge in [-0.05, 0) is 36.1 Å². The van der Waals surface area contributed by atoms with E-state index in [0.717, 1.165) is 25.9 Å². The van der Waals surface area contributed by atoms with Gasteiger partial charge in [-0.15, -0.1) is 21.5 Å². The maximum atomic E-state index is 12.2. The number of nitrogens with one attached hydrogen (secondary N) is 1. The molecule has 0 spiro atoms. The molecule has 0 saturated carbocycles. The van der Waals surface area contributed by atoms with Crippen molar-refractivity contribution in [3.05, 3.63) is 51.8 Å². The molecule has 0 aliphatic heterocycles. The highest BCUT2D eigenvalue weighted by Crippen LogP contribution is 2.26. The molecular formula is C17H17BrN4OS2. The molecule has 0 aliphatic carbocycles. The van der Waals surface area contributed by atoms with Gasteiger partial charge in [0.15, 0.2) is 11.0 Å². The fourth-order valence-corrected chi connectivity index (χ4v) is 4.04. The Labute approximate surface area is 163 Å². The first-order valence-electron chi connectivity index (χ1n) is 7.65. The number of benzene rings is 1. The van der Waals surface area contributed by atoms with Gasteiger partial charge in [-0.1, -0.05) is 45.9 Å². The molecule has 130 valence electrons. The number of carbonyl (C=O) groups excluding carboxylic acids is 1. The Kier molecular flexibility index (Phi) is 5.93. The molecule has 1 unspecified atom stereocenters. The fraction of sp³-hybridized carbons (Fsp3) is 0.235. The predicted molar refractivity (Wildman–Crippen MR) is 106 cm³/mol. The summed E-state index contributed by atoms with van der Waals surface area (Å²) >= 11 is 6.42. The van der Waals surface area contributed by atoms with Crippen LogP contribution in [0.2, 0.25) is 0 Å². The maximum Gasteiger partial charge on any atom is 0.230 e. The summed E-state index contributed by atoms with van der Waals surface area (Å²) in [6, 6.07) is 11.9. The Balaban J connectivity index is 1.56. The van der Waals surface area contributed by atoms with Gasteiger partial charge in [0.1, 0.15) is 0 Å². The van der Waals surface area contributed by atoms with Crippen molar-refractivity contribution >= 4 is 44.9 Å². The van der Waals surface area contributed by atoms with Crippen LogP contribution in [0.4, 0.5) is 0 Å². The second kappa shape index (κ2) is 8.16. The Morgan fingerprint density at radius 2 is 2.08 bits per heavy atom. The zero-order valence-corrected chi connectivity index (χ0v) is 17.0. The molecule has 0 aliphatic rings. The van der Waals surface area contributed by atoms with Gasteiger partial charge in [0.2, 0.25) is 5.91 Å². The van der Waals surface area contributed by atoms with Gasteiger partial charge in [0.05, 0.1) is 16.7 Å². The molecule has 3 aromatic rings. The number of halogens is 1. The molecule has 5 nitrogen and oxygen atoms in total. The number of rotatable bonds is 6. The van der Waals surface area contributed by atoms with Crippen molar-refractivity contribution in [1.29, 1.82) is 0 Å². The lowest BCUT2D eigenvalue weighted by Gasteiger charge is -2.14. The third-order valence-corrected chi connectivity index (χ3v) is 6.07. The van der Waals surface area contributed by atoms with Crippen LogP contribution in [-0.2, 0) is 11.8 Å². The zero-order valence-electron chi connectivity index (χ0n) is 13.8. The molecular weight excluding hydrogens is 420 g/mol. The number of nitrogens with zero attached hydrogens (tertiary/aromatic N) is 3. The predicted octanol–water partition coefficient (Wildman–Crippen LogP) is 4.28. The summed E-state index contributed by atoms with van der Waals surface area (Å²) in [4.78, 5) is 13.3. The van der Waals surface area contributed by atoms with Crippen molar-refractivity contribution in [3.63, 3.8) is 0 Å². The number of thioether (sulfide) groups is 1. The van der Waals surface area contributed by atoms with Gasteiger partial charge in [-0.3, -0.25) is 4.79 Å². The molecule has 2 aromatic heterocycles. The van der Waals surface area contributed by atoms with Crippen molar-refractivity contribution < 1.29 is 4.79 Å². The number of aromatic nitrogens is 3. The summed E-state index contributed by atoms with van der Waals surface area (Å²) in [5, 5.41) is 14.2. The average molecular weight is 437 g/mol. The summed E-state index contributed by atoms with van der Waals surface area (Å²) in [5.74, 6) is 1.10. The van der Waals surface area contributed by atoms with E-state index >= 15 is 0 Å². The van der Waals surface area contributed by atoms with E-state index in [-0.39, 0.29) is 11.9 Å². The molecule has 0 radical (unpaired) electrons. The van der Waals surface area contributed by atoms with Crippen LogP contribution in [0, 0.1) is 0 Å². The van der Waals surface area contributed by atoms with E-state index in [2.05, 4.69) is 31.4 Å². The summed E-state index contributed by atoms with van der Waals surface area (Å²) in [6.07, 6.45) is 0. The fourth-order valence-electron chi connectivity index (χ4n) is 2.31. The Morgan fingerprint density at radius 1 is 1.32 bits per heavy atom. The molecule has 1 atom stereocenters. The molecule has 25 heavy (non-hydrogen) atoms. The smallest absolute Gasteiger partial charge is 0.230 e. The maximum absolute atomic E-state index is 12.2. The molecule has 1 N–H and O–H groups in total. The van der Waals surface area contributed by atoms with Gasteiger partial charge in [0.25, 0.3) is 0 Å². The molecule has 0 saturated heterocycles. The minimum Gasteiger partial charge on any atom is -0.349 e. The molecule has 8 heteroatoms. The van der Waals surface area contributed by atoms with Crippen molar-refractivity contribution in [2.24, 2.45) is 7.05 Å². The van der Waals surface area contributed by atoms with Gasteiger partial charge in [-0.2, -0.15) is 0 Å². The number of thiophene rings is 1. The van der Waals surface area contributed by atoms with E-state index in [4.69, 9.17) is 0 Å². The SMILES string of the molecule is CC(NC(=O)CSc1nnc(-c2cccs2)n1C)c1ccc(Br)cc1. The van der Waals surface area contributed by atoms with Crippen LogP contribution in [0.1, 0.15) is 18.5 Å². The molecule has 0 fully saturated rings. The van der Waals surface area contributed by atoms with Crippen molar-refractivity contribution in [2.45, 2.75) is 18.1 Å². The number of hydrogen-bond acceptors (Lipinski definition) is 5. The lowest BCUT2D eigenvalue weighted by molar-refractivity contribution is -0.119. The normalized spacial score (nSPS) is 12.1. The molecule has 1 aromatic carbocycles. The van der Waals surface area contributed by atoms with Gasteiger partial charge in [0, 0.05) is 11.5 Å². The quantitative estimate of drug-likeness (QED) is 0.585. The second-order valence-corrected chi connectivity index (χ2v) is 8.28. The van der Waals surface area contributed by atoms with Crippen LogP contribution < -0.4 is 5.32 Å². The Hall–Kier alpha value is -1.64. The minimum atomic E-state index is -0.0395. The standard InChI is InChI=1S/C17H17BrN4OS2/c1-11(12-5-7-13(18)8-6-12)19-15(23)10-25-17-21-20-16(22(17)2)14-4-3-9-24-14/h3-9,11H,10H2,1-2H3,(H,19,23). The Morgan fingerprint density at radius 3 is 2.76 bits per heavy atom.